The Hall–Kier alpha value is -1.81. The molecule has 0 spiro atoms. The van der Waals surface area contributed by atoms with Gasteiger partial charge in [0.2, 0.25) is 5.91 Å². The topological polar surface area (TPSA) is 46.4 Å². The third-order valence-electron chi connectivity index (χ3n) is 4.37. The Morgan fingerprint density at radius 1 is 1.22 bits per heavy atom. The average molecular weight is 332 g/mol. The molecule has 0 bridgehead atoms. The van der Waals surface area contributed by atoms with Crippen molar-refractivity contribution >= 4 is 29.2 Å². The number of rotatable bonds is 3. The number of nitrogens with zero attached hydrogens (tertiary/aromatic N) is 2. The zero-order valence-corrected chi connectivity index (χ0v) is 13.9. The number of hydrogen-bond acceptors (Lipinski definition) is 2. The smallest absolute Gasteiger partial charge is 0.244 e. The summed E-state index contributed by atoms with van der Waals surface area (Å²) in [5, 5.41) is 3.53. The standard InChI is InChI=1S/C18H22ClN3O/c19-18-15(22-13-7-6-10-16(22)21-18)11-12-17(23)20-14-8-4-2-1-3-5-9-14/h6-7,10-14H,1-5,8-9H2,(H,20,23)/b12-11+. The highest BCUT2D eigenvalue weighted by molar-refractivity contribution is 6.31. The van der Waals surface area contributed by atoms with Crippen molar-refractivity contribution in [1.82, 2.24) is 14.7 Å². The molecule has 1 N–H and O–H groups in total. The van der Waals surface area contributed by atoms with E-state index in [1.165, 1.54) is 32.1 Å². The molecule has 1 fully saturated rings. The Bertz CT molecular complexity index is 699. The van der Waals surface area contributed by atoms with Crippen LogP contribution in [0.1, 0.15) is 50.6 Å². The lowest BCUT2D eigenvalue weighted by Crippen LogP contribution is -2.34. The number of aromatic nitrogens is 2. The molecule has 4 nitrogen and oxygen atoms in total. The van der Waals surface area contributed by atoms with Crippen LogP contribution in [0.3, 0.4) is 0 Å². The first-order valence-corrected chi connectivity index (χ1v) is 8.73. The van der Waals surface area contributed by atoms with Gasteiger partial charge < -0.3 is 5.32 Å². The van der Waals surface area contributed by atoms with Crippen LogP contribution in [-0.2, 0) is 4.79 Å². The lowest BCUT2D eigenvalue weighted by Gasteiger charge is -2.20. The van der Waals surface area contributed by atoms with Crippen molar-refractivity contribution in [1.29, 1.82) is 0 Å². The highest BCUT2D eigenvalue weighted by atomic mass is 35.5. The van der Waals surface area contributed by atoms with Crippen LogP contribution in [0.25, 0.3) is 11.7 Å². The first kappa shape index (κ1) is 16.1. The SMILES string of the molecule is O=C(/C=C/c1c(Cl)nc2ccccn12)NC1CCCCCCC1. The van der Waals surface area contributed by atoms with Crippen molar-refractivity contribution in [2.75, 3.05) is 0 Å². The molecule has 1 amide bonds. The Labute approximate surface area is 141 Å². The molecular formula is C18H22ClN3O. The van der Waals surface area contributed by atoms with Crippen LogP contribution >= 0.6 is 11.6 Å². The van der Waals surface area contributed by atoms with Crippen molar-refractivity contribution in [3.8, 4) is 0 Å². The van der Waals surface area contributed by atoms with E-state index in [0.717, 1.165) is 24.2 Å². The van der Waals surface area contributed by atoms with Gasteiger partial charge in [0, 0.05) is 18.3 Å². The van der Waals surface area contributed by atoms with Crippen molar-refractivity contribution in [3.63, 3.8) is 0 Å². The molecule has 1 aliphatic carbocycles. The molecule has 122 valence electrons. The second-order valence-electron chi connectivity index (χ2n) is 6.10. The molecule has 0 aromatic carbocycles. The van der Waals surface area contributed by atoms with Crippen LogP contribution in [-0.4, -0.2) is 21.3 Å². The minimum Gasteiger partial charge on any atom is -0.350 e. The molecule has 3 rings (SSSR count). The summed E-state index contributed by atoms with van der Waals surface area (Å²) >= 11 is 6.17. The van der Waals surface area contributed by atoms with Gasteiger partial charge in [0.25, 0.3) is 0 Å². The van der Waals surface area contributed by atoms with Crippen molar-refractivity contribution in [2.45, 2.75) is 51.0 Å². The number of pyridine rings is 1. The minimum absolute atomic E-state index is 0.0579. The number of hydrogen-bond donors (Lipinski definition) is 1. The molecule has 5 heteroatoms. The van der Waals surface area contributed by atoms with Crippen LogP contribution in [0.4, 0.5) is 0 Å². The highest BCUT2D eigenvalue weighted by Gasteiger charge is 2.13. The van der Waals surface area contributed by atoms with E-state index in [-0.39, 0.29) is 5.91 Å². The summed E-state index contributed by atoms with van der Waals surface area (Å²) in [5.41, 5.74) is 1.51. The first-order chi connectivity index (χ1) is 11.2. The first-order valence-electron chi connectivity index (χ1n) is 8.35. The maximum atomic E-state index is 12.2. The summed E-state index contributed by atoms with van der Waals surface area (Å²) in [6, 6.07) is 6.01. The van der Waals surface area contributed by atoms with Crippen molar-refractivity contribution in [3.05, 3.63) is 41.3 Å². The van der Waals surface area contributed by atoms with E-state index >= 15 is 0 Å². The van der Waals surface area contributed by atoms with Crippen LogP contribution < -0.4 is 5.32 Å². The molecule has 0 aliphatic heterocycles. The number of carbonyl (C=O) groups excluding carboxylic acids is 1. The molecule has 1 saturated carbocycles. The molecule has 23 heavy (non-hydrogen) atoms. The summed E-state index contributed by atoms with van der Waals surface area (Å²) in [6.45, 7) is 0. The van der Waals surface area contributed by atoms with Crippen LogP contribution in [0.15, 0.2) is 30.5 Å². The number of carbonyl (C=O) groups is 1. The molecule has 1 aliphatic rings. The van der Waals surface area contributed by atoms with Crippen LogP contribution in [0.5, 0.6) is 0 Å². The summed E-state index contributed by atoms with van der Waals surface area (Å²) in [4.78, 5) is 16.5. The van der Waals surface area contributed by atoms with Gasteiger partial charge in [-0.3, -0.25) is 9.20 Å². The fourth-order valence-electron chi connectivity index (χ4n) is 3.14. The zero-order chi connectivity index (χ0) is 16.1. The van der Waals surface area contributed by atoms with Crippen LogP contribution in [0, 0.1) is 0 Å². The lowest BCUT2D eigenvalue weighted by molar-refractivity contribution is -0.117. The predicted molar refractivity (Wildman–Crippen MR) is 93.5 cm³/mol. The van der Waals surface area contributed by atoms with Crippen molar-refractivity contribution < 1.29 is 4.79 Å². The molecule has 2 aromatic rings. The van der Waals surface area contributed by atoms with Gasteiger partial charge in [-0.2, -0.15) is 0 Å². The Balaban J connectivity index is 1.66. The Kier molecular flexibility index (Phi) is 5.34. The highest BCUT2D eigenvalue weighted by Crippen LogP contribution is 2.19. The second-order valence-corrected chi connectivity index (χ2v) is 6.46. The number of fused-ring (bicyclic) bond motifs is 1. The molecular weight excluding hydrogens is 310 g/mol. The van der Waals surface area contributed by atoms with Crippen LogP contribution in [0.2, 0.25) is 5.15 Å². The number of halogens is 1. The molecule has 0 radical (unpaired) electrons. The molecule has 0 unspecified atom stereocenters. The van der Waals surface area contributed by atoms with Gasteiger partial charge in [0.05, 0.1) is 5.69 Å². The minimum atomic E-state index is -0.0579. The van der Waals surface area contributed by atoms with Gasteiger partial charge in [-0.15, -0.1) is 0 Å². The Morgan fingerprint density at radius 2 is 1.96 bits per heavy atom. The zero-order valence-electron chi connectivity index (χ0n) is 13.2. The number of imidazole rings is 1. The average Bonchev–Trinajstić information content (AvgIpc) is 2.83. The van der Waals surface area contributed by atoms with E-state index in [9.17, 15) is 4.79 Å². The van der Waals surface area contributed by atoms with Gasteiger partial charge in [-0.25, -0.2) is 4.98 Å². The number of nitrogens with one attached hydrogen (secondary N) is 1. The van der Waals surface area contributed by atoms with E-state index in [2.05, 4.69) is 10.3 Å². The van der Waals surface area contributed by atoms with Gasteiger partial charge in [0.1, 0.15) is 5.65 Å². The largest absolute Gasteiger partial charge is 0.350 e. The van der Waals surface area contributed by atoms with E-state index in [0.29, 0.717) is 11.2 Å². The van der Waals surface area contributed by atoms with Gasteiger partial charge in [-0.05, 0) is 31.1 Å². The third kappa shape index (κ3) is 4.14. The third-order valence-corrected chi connectivity index (χ3v) is 4.64. The normalized spacial score (nSPS) is 17.3. The fraction of sp³-hybridized carbons (Fsp3) is 0.444. The second kappa shape index (κ2) is 7.64. The summed E-state index contributed by atoms with van der Waals surface area (Å²) in [6.07, 6.45) is 13.6. The summed E-state index contributed by atoms with van der Waals surface area (Å²) < 4.78 is 1.88. The van der Waals surface area contributed by atoms with Gasteiger partial charge >= 0.3 is 0 Å². The molecule has 0 atom stereocenters. The maximum Gasteiger partial charge on any atom is 0.244 e. The number of amides is 1. The van der Waals surface area contributed by atoms with Gasteiger partial charge in [-0.1, -0.05) is 49.8 Å². The lowest BCUT2D eigenvalue weighted by atomic mass is 9.97. The predicted octanol–water partition coefficient (Wildman–Crippen LogP) is 4.23. The van der Waals surface area contributed by atoms with Gasteiger partial charge in [0.15, 0.2) is 5.15 Å². The Morgan fingerprint density at radius 3 is 2.74 bits per heavy atom. The van der Waals surface area contributed by atoms with Crippen molar-refractivity contribution in [2.24, 2.45) is 0 Å². The molecule has 0 saturated heterocycles. The fourth-order valence-corrected chi connectivity index (χ4v) is 3.38. The summed E-state index contributed by atoms with van der Waals surface area (Å²) in [5.74, 6) is -0.0579. The van der Waals surface area contributed by atoms with E-state index in [4.69, 9.17) is 11.6 Å². The molecule has 2 heterocycles. The quantitative estimate of drug-likeness (QED) is 0.855. The monoisotopic (exact) mass is 331 g/mol. The maximum absolute atomic E-state index is 12.2. The van der Waals surface area contributed by atoms with E-state index in [1.54, 1.807) is 12.2 Å². The van der Waals surface area contributed by atoms with E-state index in [1.807, 2.05) is 28.8 Å². The van der Waals surface area contributed by atoms with E-state index < -0.39 is 0 Å². The summed E-state index contributed by atoms with van der Waals surface area (Å²) in [7, 11) is 0. The molecule has 2 aromatic heterocycles.